The number of ether oxygens (including phenoxy) is 1. The van der Waals surface area contributed by atoms with E-state index in [4.69, 9.17) is 4.74 Å². The number of methoxy groups -OCH3 is 1. The molecule has 0 radical (unpaired) electrons. The third-order valence-electron chi connectivity index (χ3n) is 4.24. The lowest BCUT2D eigenvalue weighted by atomic mass is 9.91. The molecule has 0 saturated carbocycles. The van der Waals surface area contributed by atoms with Crippen molar-refractivity contribution in [1.82, 2.24) is 4.90 Å². The summed E-state index contributed by atoms with van der Waals surface area (Å²) in [6.07, 6.45) is 2.50. The molecule has 2 atom stereocenters. The lowest BCUT2D eigenvalue weighted by Crippen LogP contribution is -2.41. The minimum atomic E-state index is -0.269. The van der Waals surface area contributed by atoms with Crippen molar-refractivity contribution in [1.29, 1.82) is 0 Å². The van der Waals surface area contributed by atoms with E-state index in [2.05, 4.69) is 24.1 Å². The van der Waals surface area contributed by atoms with Crippen LogP contribution in [-0.2, 0) is 0 Å². The lowest BCUT2D eigenvalue weighted by Gasteiger charge is -2.36. The third-order valence-corrected chi connectivity index (χ3v) is 4.24. The summed E-state index contributed by atoms with van der Waals surface area (Å²) in [5.41, 5.74) is 0.870. The van der Waals surface area contributed by atoms with Crippen LogP contribution < -0.4 is 10.1 Å². The van der Waals surface area contributed by atoms with Crippen LogP contribution in [0.4, 0.5) is 10.1 Å². The number of benzene rings is 1. The Morgan fingerprint density at radius 3 is 3.00 bits per heavy atom. The van der Waals surface area contributed by atoms with Gasteiger partial charge in [-0.1, -0.05) is 6.92 Å². The van der Waals surface area contributed by atoms with Crippen molar-refractivity contribution in [3.8, 4) is 5.75 Å². The molecule has 20 heavy (non-hydrogen) atoms. The highest BCUT2D eigenvalue weighted by atomic mass is 19.1. The van der Waals surface area contributed by atoms with Gasteiger partial charge in [-0.3, -0.25) is 0 Å². The Bertz CT molecular complexity index is 438. The van der Waals surface area contributed by atoms with Crippen LogP contribution in [0.15, 0.2) is 18.2 Å². The predicted molar refractivity (Wildman–Crippen MR) is 80.9 cm³/mol. The second-order valence-electron chi connectivity index (χ2n) is 5.57. The number of anilines is 1. The summed E-state index contributed by atoms with van der Waals surface area (Å²) in [5, 5.41) is 3.48. The Balaban J connectivity index is 2.02. The molecule has 1 aliphatic heterocycles. The van der Waals surface area contributed by atoms with Crippen molar-refractivity contribution < 1.29 is 9.13 Å². The summed E-state index contributed by atoms with van der Waals surface area (Å²) in [7, 11) is 1.57. The summed E-state index contributed by atoms with van der Waals surface area (Å²) >= 11 is 0. The van der Waals surface area contributed by atoms with Crippen molar-refractivity contribution in [3.63, 3.8) is 0 Å². The maximum atomic E-state index is 13.2. The second kappa shape index (κ2) is 6.93. The van der Waals surface area contributed by atoms with E-state index in [1.54, 1.807) is 13.2 Å². The highest BCUT2D eigenvalue weighted by Crippen LogP contribution is 2.28. The Hall–Kier alpha value is -1.29. The topological polar surface area (TPSA) is 24.5 Å². The minimum absolute atomic E-state index is 0.269. The van der Waals surface area contributed by atoms with E-state index in [-0.39, 0.29) is 5.82 Å². The zero-order chi connectivity index (χ0) is 14.5. The van der Waals surface area contributed by atoms with Gasteiger partial charge in [-0.25, -0.2) is 4.39 Å². The standard InChI is InChI=1S/C16H25FN2O/c1-4-19-9-5-6-13(11-19)12(2)18-15-8-7-14(17)10-16(15)20-3/h7-8,10,12-13,18H,4-6,9,11H2,1-3H3. The molecule has 0 spiro atoms. The molecular formula is C16H25FN2O. The van der Waals surface area contributed by atoms with Crippen molar-refractivity contribution in [3.05, 3.63) is 24.0 Å². The van der Waals surface area contributed by atoms with E-state index >= 15 is 0 Å². The molecule has 2 rings (SSSR count). The quantitative estimate of drug-likeness (QED) is 0.895. The largest absolute Gasteiger partial charge is 0.494 e. The molecule has 1 N–H and O–H groups in total. The molecule has 112 valence electrons. The average Bonchev–Trinajstić information content (AvgIpc) is 2.49. The van der Waals surface area contributed by atoms with Crippen molar-refractivity contribution >= 4 is 5.69 Å². The number of halogens is 1. The molecule has 2 unspecified atom stereocenters. The number of rotatable bonds is 5. The normalized spacial score (nSPS) is 21.5. The molecule has 0 aromatic heterocycles. The summed E-state index contributed by atoms with van der Waals surface area (Å²) in [6, 6.07) is 5.00. The first kappa shape index (κ1) is 15.1. The van der Waals surface area contributed by atoms with Gasteiger partial charge in [0, 0.05) is 18.7 Å². The van der Waals surface area contributed by atoms with Crippen molar-refractivity contribution in [2.45, 2.75) is 32.7 Å². The number of piperidine rings is 1. The van der Waals surface area contributed by atoms with Gasteiger partial charge >= 0.3 is 0 Å². The van der Waals surface area contributed by atoms with Crippen LogP contribution in [0.1, 0.15) is 26.7 Å². The van der Waals surface area contributed by atoms with Gasteiger partial charge in [0.25, 0.3) is 0 Å². The number of nitrogens with one attached hydrogen (secondary N) is 1. The molecular weight excluding hydrogens is 255 g/mol. The molecule has 1 fully saturated rings. The highest BCUT2D eigenvalue weighted by molar-refractivity contribution is 5.57. The summed E-state index contributed by atoms with van der Waals surface area (Å²) in [6.45, 7) is 7.87. The molecule has 1 aliphatic rings. The Labute approximate surface area is 121 Å². The van der Waals surface area contributed by atoms with Gasteiger partial charge in [-0.05, 0) is 50.9 Å². The fourth-order valence-corrected chi connectivity index (χ4v) is 2.93. The van der Waals surface area contributed by atoms with Crippen molar-refractivity contribution in [2.75, 3.05) is 32.1 Å². The maximum Gasteiger partial charge on any atom is 0.144 e. The number of hydrogen-bond donors (Lipinski definition) is 1. The van der Waals surface area contributed by atoms with Crippen LogP contribution in [0.5, 0.6) is 5.75 Å². The molecule has 0 amide bonds. The number of hydrogen-bond acceptors (Lipinski definition) is 3. The van der Waals surface area contributed by atoms with Gasteiger partial charge in [0.05, 0.1) is 12.8 Å². The smallest absolute Gasteiger partial charge is 0.144 e. The van der Waals surface area contributed by atoms with Gasteiger partial charge in [-0.15, -0.1) is 0 Å². The molecule has 1 saturated heterocycles. The molecule has 3 nitrogen and oxygen atoms in total. The van der Waals surface area contributed by atoms with E-state index in [1.807, 2.05) is 0 Å². The van der Waals surface area contributed by atoms with Crippen LogP contribution >= 0.6 is 0 Å². The van der Waals surface area contributed by atoms with Crippen LogP contribution in [0.25, 0.3) is 0 Å². The molecule has 1 aromatic rings. The third kappa shape index (κ3) is 3.63. The summed E-state index contributed by atoms with van der Waals surface area (Å²) in [5.74, 6) is 0.924. The Morgan fingerprint density at radius 2 is 2.30 bits per heavy atom. The molecule has 1 heterocycles. The van der Waals surface area contributed by atoms with E-state index in [1.165, 1.54) is 31.5 Å². The zero-order valence-corrected chi connectivity index (χ0v) is 12.7. The Morgan fingerprint density at radius 1 is 1.50 bits per heavy atom. The van der Waals surface area contributed by atoms with Gasteiger partial charge in [0.15, 0.2) is 0 Å². The van der Waals surface area contributed by atoms with E-state index in [0.29, 0.717) is 17.7 Å². The van der Waals surface area contributed by atoms with Gasteiger partial charge in [0.1, 0.15) is 11.6 Å². The van der Waals surface area contributed by atoms with E-state index in [0.717, 1.165) is 18.8 Å². The Kier molecular flexibility index (Phi) is 5.24. The first-order chi connectivity index (χ1) is 9.63. The molecule has 4 heteroatoms. The fraction of sp³-hybridized carbons (Fsp3) is 0.625. The second-order valence-corrected chi connectivity index (χ2v) is 5.57. The molecule has 0 aliphatic carbocycles. The first-order valence-corrected chi connectivity index (χ1v) is 7.46. The first-order valence-electron chi connectivity index (χ1n) is 7.46. The zero-order valence-electron chi connectivity index (χ0n) is 12.7. The van der Waals surface area contributed by atoms with Crippen LogP contribution in [-0.4, -0.2) is 37.7 Å². The van der Waals surface area contributed by atoms with E-state index < -0.39 is 0 Å². The van der Waals surface area contributed by atoms with Gasteiger partial charge in [0.2, 0.25) is 0 Å². The monoisotopic (exact) mass is 280 g/mol. The maximum absolute atomic E-state index is 13.2. The number of likely N-dealkylation sites (tertiary alicyclic amines) is 1. The summed E-state index contributed by atoms with van der Waals surface area (Å²) in [4.78, 5) is 2.49. The lowest BCUT2D eigenvalue weighted by molar-refractivity contribution is 0.172. The fourth-order valence-electron chi connectivity index (χ4n) is 2.93. The van der Waals surface area contributed by atoms with Crippen LogP contribution in [0.2, 0.25) is 0 Å². The average molecular weight is 280 g/mol. The highest BCUT2D eigenvalue weighted by Gasteiger charge is 2.24. The molecule has 0 bridgehead atoms. The minimum Gasteiger partial charge on any atom is -0.494 e. The van der Waals surface area contributed by atoms with E-state index in [9.17, 15) is 4.39 Å². The van der Waals surface area contributed by atoms with Gasteiger partial charge in [-0.2, -0.15) is 0 Å². The SMILES string of the molecule is CCN1CCCC(C(C)Nc2ccc(F)cc2OC)C1. The molecule has 1 aromatic carbocycles. The predicted octanol–water partition coefficient (Wildman–Crippen LogP) is 3.37. The number of nitrogens with zero attached hydrogens (tertiary/aromatic N) is 1. The van der Waals surface area contributed by atoms with Crippen LogP contribution in [0, 0.1) is 11.7 Å². The van der Waals surface area contributed by atoms with Crippen LogP contribution in [0.3, 0.4) is 0 Å². The van der Waals surface area contributed by atoms with Gasteiger partial charge < -0.3 is 15.0 Å². The van der Waals surface area contributed by atoms with Crippen molar-refractivity contribution in [2.24, 2.45) is 5.92 Å². The summed E-state index contributed by atoms with van der Waals surface area (Å²) < 4.78 is 18.5.